The topological polar surface area (TPSA) is 70.6 Å². The second-order valence-corrected chi connectivity index (χ2v) is 10.6. The molecule has 7 nitrogen and oxygen atoms in total. The minimum Gasteiger partial charge on any atom is -0.477 e. The molecular weight excluding hydrogens is 538 g/mol. The molecule has 1 aromatic carbocycles. The van der Waals surface area contributed by atoms with Gasteiger partial charge in [0.25, 0.3) is 0 Å². The minimum atomic E-state index is -4.63. The zero-order chi connectivity index (χ0) is 29.8. The highest BCUT2D eigenvalue weighted by molar-refractivity contribution is 5.89. The van der Waals surface area contributed by atoms with Gasteiger partial charge < -0.3 is 19.9 Å². The summed E-state index contributed by atoms with van der Waals surface area (Å²) in [5.74, 6) is -0.638. The Morgan fingerprint density at radius 3 is 2.46 bits per heavy atom. The minimum absolute atomic E-state index is 0.0847. The highest BCUT2D eigenvalue weighted by Gasteiger charge is 2.44. The zero-order valence-corrected chi connectivity index (χ0v) is 23.6. The third-order valence-corrected chi connectivity index (χ3v) is 7.33. The predicted octanol–water partition coefficient (Wildman–Crippen LogP) is 5.30. The van der Waals surface area contributed by atoms with Crippen LogP contribution in [0.25, 0.3) is 11.3 Å². The number of piperidine rings is 1. The molecule has 1 aliphatic rings. The first-order valence-electron chi connectivity index (χ1n) is 13.6. The van der Waals surface area contributed by atoms with E-state index in [4.69, 9.17) is 4.74 Å². The van der Waals surface area contributed by atoms with Gasteiger partial charge >= 0.3 is 6.18 Å². The van der Waals surface area contributed by atoms with E-state index in [1.165, 1.54) is 0 Å². The Balaban J connectivity index is 1.63. The van der Waals surface area contributed by atoms with Crippen LogP contribution in [0.5, 0.6) is 5.88 Å². The third kappa shape index (κ3) is 6.78. The highest BCUT2D eigenvalue weighted by Crippen LogP contribution is 2.40. The van der Waals surface area contributed by atoms with Gasteiger partial charge in [-0.1, -0.05) is 6.07 Å². The number of benzene rings is 1. The van der Waals surface area contributed by atoms with E-state index in [1.54, 1.807) is 23.4 Å². The van der Waals surface area contributed by atoms with Gasteiger partial charge in [0.15, 0.2) is 0 Å². The summed E-state index contributed by atoms with van der Waals surface area (Å²) in [6.45, 7) is 5.44. The molecule has 11 heteroatoms. The van der Waals surface area contributed by atoms with Crippen molar-refractivity contribution in [1.29, 1.82) is 0 Å². The van der Waals surface area contributed by atoms with Crippen molar-refractivity contribution >= 4 is 11.6 Å². The molecule has 0 saturated carbocycles. The monoisotopic (exact) mass is 573 g/mol. The lowest BCUT2D eigenvalue weighted by Crippen LogP contribution is -2.54. The van der Waals surface area contributed by atoms with Crippen molar-refractivity contribution in [3.05, 3.63) is 71.8 Å². The molecule has 220 valence electrons. The number of nitrogens with zero attached hydrogens (tertiary/aromatic N) is 4. The van der Waals surface area contributed by atoms with Crippen LogP contribution in [0.3, 0.4) is 0 Å². The molecule has 0 aliphatic carbocycles. The number of hydrogen-bond acceptors (Lipinski definition) is 6. The van der Waals surface area contributed by atoms with Crippen molar-refractivity contribution in [1.82, 2.24) is 20.2 Å². The van der Waals surface area contributed by atoms with E-state index in [9.17, 15) is 22.4 Å². The molecule has 3 heterocycles. The first kappa shape index (κ1) is 30.2. The third-order valence-electron chi connectivity index (χ3n) is 7.33. The summed E-state index contributed by atoms with van der Waals surface area (Å²) in [6.07, 6.45) is -0.651. The van der Waals surface area contributed by atoms with Crippen LogP contribution in [0.1, 0.15) is 37.8 Å². The number of pyridine rings is 2. The van der Waals surface area contributed by atoms with Crippen LogP contribution in [0.4, 0.5) is 23.2 Å². The van der Waals surface area contributed by atoms with Gasteiger partial charge in [-0.25, -0.2) is 9.37 Å². The number of carbonyl (C=O) groups is 1. The summed E-state index contributed by atoms with van der Waals surface area (Å²) >= 11 is 0. The number of aromatic nitrogens is 2. The second-order valence-electron chi connectivity index (χ2n) is 10.6. The van der Waals surface area contributed by atoms with Crippen molar-refractivity contribution in [3.63, 3.8) is 0 Å². The van der Waals surface area contributed by atoms with Gasteiger partial charge in [-0.3, -0.25) is 9.78 Å². The molecule has 0 bridgehead atoms. The van der Waals surface area contributed by atoms with Crippen LogP contribution < -0.4 is 15.0 Å². The van der Waals surface area contributed by atoms with Crippen molar-refractivity contribution in [2.45, 2.75) is 44.3 Å². The molecule has 0 radical (unpaired) electrons. The quantitative estimate of drug-likeness (QED) is 0.350. The summed E-state index contributed by atoms with van der Waals surface area (Å²) in [4.78, 5) is 26.5. The molecule has 2 aromatic heterocycles. The molecule has 1 unspecified atom stereocenters. The van der Waals surface area contributed by atoms with Crippen LogP contribution in [0, 0.1) is 5.82 Å². The Morgan fingerprint density at radius 2 is 1.88 bits per heavy atom. The molecule has 1 atom stereocenters. The van der Waals surface area contributed by atoms with Gasteiger partial charge in [0.05, 0.1) is 34.5 Å². The summed E-state index contributed by atoms with van der Waals surface area (Å²) in [6, 6.07) is 9.79. The van der Waals surface area contributed by atoms with E-state index < -0.39 is 23.0 Å². The van der Waals surface area contributed by atoms with E-state index in [0.717, 1.165) is 17.7 Å². The van der Waals surface area contributed by atoms with E-state index in [2.05, 4.69) is 15.3 Å². The van der Waals surface area contributed by atoms with Crippen LogP contribution in [-0.4, -0.2) is 67.2 Å². The normalized spacial score (nSPS) is 16.0. The number of nitrogens with one attached hydrogen (secondary N) is 1. The van der Waals surface area contributed by atoms with E-state index in [0.29, 0.717) is 49.2 Å². The zero-order valence-electron chi connectivity index (χ0n) is 23.6. The number of anilines is 1. The number of alkyl halides is 3. The molecule has 4 rings (SSSR count). The van der Waals surface area contributed by atoms with Gasteiger partial charge in [0.2, 0.25) is 11.8 Å². The lowest BCUT2D eigenvalue weighted by Gasteiger charge is -2.42. The predicted molar refractivity (Wildman–Crippen MR) is 149 cm³/mol. The summed E-state index contributed by atoms with van der Waals surface area (Å²) < 4.78 is 59.6. The maximum absolute atomic E-state index is 14.8. The Morgan fingerprint density at radius 1 is 1.15 bits per heavy atom. The summed E-state index contributed by atoms with van der Waals surface area (Å²) in [5, 5.41) is 3.13. The first-order chi connectivity index (χ1) is 19.4. The number of amides is 1. The van der Waals surface area contributed by atoms with Gasteiger partial charge in [-0.2, -0.15) is 13.2 Å². The summed E-state index contributed by atoms with van der Waals surface area (Å²) in [7, 11) is 3.85. The van der Waals surface area contributed by atoms with Crippen LogP contribution in [0.15, 0.2) is 54.9 Å². The first-order valence-corrected chi connectivity index (χ1v) is 13.6. The van der Waals surface area contributed by atoms with Gasteiger partial charge in [0.1, 0.15) is 5.82 Å². The molecule has 1 fully saturated rings. The van der Waals surface area contributed by atoms with Gasteiger partial charge in [-0.05, 0) is 82.7 Å². The highest BCUT2D eigenvalue weighted by atomic mass is 19.4. The number of rotatable bonds is 9. The maximum atomic E-state index is 14.8. The number of ether oxygens (including phenoxy) is 1. The van der Waals surface area contributed by atoms with Crippen LogP contribution in [-0.2, 0) is 16.4 Å². The fourth-order valence-corrected chi connectivity index (χ4v) is 5.34. The van der Waals surface area contributed by atoms with E-state index in [-0.39, 0.29) is 30.7 Å². The smallest absolute Gasteiger partial charge is 0.416 e. The van der Waals surface area contributed by atoms with Crippen LogP contribution in [0.2, 0.25) is 0 Å². The molecule has 1 saturated heterocycles. The maximum Gasteiger partial charge on any atom is 0.416 e. The Labute approximate surface area is 237 Å². The fourth-order valence-electron chi connectivity index (χ4n) is 5.34. The van der Waals surface area contributed by atoms with Crippen molar-refractivity contribution in [2.75, 3.05) is 45.2 Å². The Kier molecular flexibility index (Phi) is 9.16. The van der Waals surface area contributed by atoms with E-state index in [1.807, 2.05) is 51.0 Å². The number of hydrogen-bond donors (Lipinski definition) is 1. The van der Waals surface area contributed by atoms with Crippen molar-refractivity contribution in [3.8, 4) is 17.1 Å². The standard InChI is InChI=1S/C30H35F4N5O2/c1-5-41-27-23(7-6-14-35-27)25-10-8-22(18-36-25)29(28(40)37-20(2)19-38(3)4)12-15-39(16-13-29)26-11-9-21(17-24(26)31)30(32,33)34/h6-11,14,17-18,20H,5,12-13,15-16,19H2,1-4H3,(H,37,40). The average molecular weight is 574 g/mol. The van der Waals surface area contributed by atoms with E-state index >= 15 is 0 Å². The van der Waals surface area contributed by atoms with Gasteiger partial charge in [-0.15, -0.1) is 0 Å². The number of halogens is 4. The molecule has 41 heavy (non-hydrogen) atoms. The van der Waals surface area contributed by atoms with Gasteiger partial charge in [0, 0.05) is 38.1 Å². The number of carbonyl (C=O) groups excluding carboxylic acids is 1. The Hall–Kier alpha value is -3.73. The van der Waals surface area contributed by atoms with Crippen molar-refractivity contribution in [2.24, 2.45) is 0 Å². The molecule has 1 aliphatic heterocycles. The average Bonchev–Trinajstić information content (AvgIpc) is 2.93. The summed E-state index contributed by atoms with van der Waals surface area (Å²) in [5.41, 5.74) is 0.180. The molecule has 3 aromatic rings. The van der Waals surface area contributed by atoms with Crippen LogP contribution >= 0.6 is 0 Å². The Bertz CT molecular complexity index is 1340. The second kappa shape index (κ2) is 12.4. The fraction of sp³-hybridized carbons (Fsp3) is 0.433. The molecule has 1 N–H and O–H groups in total. The molecule has 1 amide bonds. The lowest BCUT2D eigenvalue weighted by atomic mass is 9.72. The lowest BCUT2D eigenvalue weighted by molar-refractivity contribution is -0.137. The molecular formula is C30H35F4N5O2. The molecule has 0 spiro atoms. The number of likely N-dealkylation sites (N-methyl/N-ethyl adjacent to an activating group) is 1. The SMILES string of the molecule is CCOc1ncccc1-c1ccc(C2(C(=O)NC(C)CN(C)C)CCN(c3ccc(C(F)(F)F)cc3F)CC2)cn1. The largest absolute Gasteiger partial charge is 0.477 e. The van der Waals surface area contributed by atoms with Crippen molar-refractivity contribution < 1.29 is 27.1 Å².